The summed E-state index contributed by atoms with van der Waals surface area (Å²) in [6.45, 7) is 12.4. The van der Waals surface area contributed by atoms with E-state index in [4.69, 9.17) is 4.74 Å². The monoisotopic (exact) mass is 369 g/mol. The summed E-state index contributed by atoms with van der Waals surface area (Å²) in [5.74, 6) is 0.750. The summed E-state index contributed by atoms with van der Waals surface area (Å²) < 4.78 is 5.62. The smallest absolute Gasteiger partial charge is 0.243 e. The van der Waals surface area contributed by atoms with Crippen LogP contribution < -0.4 is 20.3 Å². The molecule has 0 unspecified atom stereocenters. The first-order valence-electron chi connectivity index (χ1n) is 9.59. The fourth-order valence-electron chi connectivity index (χ4n) is 2.87. The largest absolute Gasteiger partial charge is 0.491 e. The van der Waals surface area contributed by atoms with Crippen molar-refractivity contribution in [1.29, 1.82) is 0 Å². The molecule has 0 aliphatic heterocycles. The maximum absolute atomic E-state index is 12.3. The van der Waals surface area contributed by atoms with Gasteiger partial charge in [0.15, 0.2) is 0 Å². The second kappa shape index (κ2) is 9.86. The van der Waals surface area contributed by atoms with Crippen molar-refractivity contribution in [2.45, 2.75) is 40.7 Å². The zero-order valence-electron chi connectivity index (χ0n) is 17.0. The summed E-state index contributed by atoms with van der Waals surface area (Å²) in [7, 11) is 0. The molecule has 0 aliphatic carbocycles. The lowest BCUT2D eigenvalue weighted by Crippen LogP contribution is -2.23. The van der Waals surface area contributed by atoms with E-state index < -0.39 is 0 Å². The highest BCUT2D eigenvalue weighted by atomic mass is 16.5. The number of amides is 1. The number of nitrogens with one attached hydrogen (secondary N) is 2. The minimum atomic E-state index is -0.0730. The molecule has 27 heavy (non-hydrogen) atoms. The molecule has 146 valence electrons. The van der Waals surface area contributed by atoms with E-state index in [9.17, 15) is 4.79 Å². The highest BCUT2D eigenvalue weighted by molar-refractivity contribution is 5.94. The molecule has 2 aromatic rings. The van der Waals surface area contributed by atoms with E-state index in [1.807, 2.05) is 51.1 Å². The average molecular weight is 370 g/mol. The van der Waals surface area contributed by atoms with Crippen LogP contribution in [0.3, 0.4) is 0 Å². The van der Waals surface area contributed by atoms with Gasteiger partial charge in [-0.3, -0.25) is 4.79 Å². The number of anilines is 3. The number of carbonyl (C=O) groups excluding carboxylic acids is 1. The van der Waals surface area contributed by atoms with Crippen molar-refractivity contribution in [2.75, 3.05) is 35.2 Å². The van der Waals surface area contributed by atoms with Crippen LogP contribution in [0.2, 0.25) is 0 Å². The van der Waals surface area contributed by atoms with Gasteiger partial charge in [0.1, 0.15) is 5.75 Å². The van der Waals surface area contributed by atoms with Crippen LogP contribution in [-0.4, -0.2) is 31.6 Å². The summed E-state index contributed by atoms with van der Waals surface area (Å²) in [5.41, 5.74) is 3.97. The summed E-state index contributed by atoms with van der Waals surface area (Å²) in [4.78, 5) is 14.6. The summed E-state index contributed by atoms with van der Waals surface area (Å²) in [6, 6.07) is 13.8. The molecule has 0 saturated carbocycles. The first-order chi connectivity index (χ1) is 12.9. The zero-order valence-corrected chi connectivity index (χ0v) is 17.0. The molecule has 0 bridgehead atoms. The predicted octanol–water partition coefficient (Wildman–Crippen LogP) is 4.68. The maximum atomic E-state index is 12.3. The van der Waals surface area contributed by atoms with Gasteiger partial charge in [-0.05, 0) is 82.6 Å². The third-order valence-corrected chi connectivity index (χ3v) is 4.29. The van der Waals surface area contributed by atoms with Crippen LogP contribution in [0.4, 0.5) is 17.1 Å². The van der Waals surface area contributed by atoms with Gasteiger partial charge in [-0.2, -0.15) is 0 Å². The van der Waals surface area contributed by atoms with Crippen LogP contribution in [0, 0.1) is 6.92 Å². The summed E-state index contributed by atoms with van der Waals surface area (Å²) in [5, 5.41) is 6.11. The van der Waals surface area contributed by atoms with Gasteiger partial charge in [-0.25, -0.2) is 0 Å². The van der Waals surface area contributed by atoms with Gasteiger partial charge >= 0.3 is 0 Å². The second-order valence-electron chi connectivity index (χ2n) is 6.76. The lowest BCUT2D eigenvalue weighted by molar-refractivity contribution is -0.114. The number of hydrogen-bond donors (Lipinski definition) is 2. The van der Waals surface area contributed by atoms with Gasteiger partial charge < -0.3 is 20.3 Å². The topological polar surface area (TPSA) is 53.6 Å². The van der Waals surface area contributed by atoms with E-state index in [2.05, 4.69) is 41.5 Å². The van der Waals surface area contributed by atoms with E-state index in [0.29, 0.717) is 0 Å². The molecule has 0 aromatic heterocycles. The number of hydrogen-bond acceptors (Lipinski definition) is 4. The third kappa shape index (κ3) is 6.20. The van der Waals surface area contributed by atoms with E-state index in [1.165, 1.54) is 5.69 Å². The molecule has 2 rings (SSSR count). The van der Waals surface area contributed by atoms with Crippen molar-refractivity contribution in [2.24, 2.45) is 0 Å². The van der Waals surface area contributed by atoms with Crippen LogP contribution in [0.5, 0.6) is 5.75 Å². The van der Waals surface area contributed by atoms with Crippen molar-refractivity contribution >= 4 is 23.0 Å². The Morgan fingerprint density at radius 3 is 2.30 bits per heavy atom. The normalized spacial score (nSPS) is 10.6. The van der Waals surface area contributed by atoms with Gasteiger partial charge in [0, 0.05) is 30.2 Å². The first-order valence-corrected chi connectivity index (χ1v) is 9.59. The lowest BCUT2D eigenvalue weighted by Gasteiger charge is -2.22. The first kappa shape index (κ1) is 20.6. The minimum Gasteiger partial charge on any atom is -0.491 e. The molecule has 0 spiro atoms. The maximum Gasteiger partial charge on any atom is 0.243 e. The van der Waals surface area contributed by atoms with Crippen LogP contribution >= 0.6 is 0 Å². The zero-order chi connectivity index (χ0) is 19.8. The Morgan fingerprint density at radius 1 is 1.07 bits per heavy atom. The van der Waals surface area contributed by atoms with Crippen LogP contribution in [0.15, 0.2) is 42.5 Å². The molecule has 5 nitrogen and oxygen atoms in total. The number of aryl methyl sites for hydroxylation is 1. The molecule has 2 N–H and O–H groups in total. The molecule has 0 atom stereocenters. The van der Waals surface area contributed by atoms with Crippen molar-refractivity contribution in [1.82, 2.24) is 0 Å². The van der Waals surface area contributed by atoms with Crippen molar-refractivity contribution in [3.8, 4) is 5.75 Å². The Kier molecular flexibility index (Phi) is 7.53. The van der Waals surface area contributed by atoms with Gasteiger partial charge in [-0.15, -0.1) is 0 Å². The number of rotatable bonds is 9. The fraction of sp³-hybridized carbons (Fsp3) is 0.409. The molecule has 2 aromatic carbocycles. The second-order valence-corrected chi connectivity index (χ2v) is 6.76. The molecule has 0 aliphatic rings. The summed E-state index contributed by atoms with van der Waals surface area (Å²) in [6.07, 6.45) is 0.144. The minimum absolute atomic E-state index is 0.0730. The average Bonchev–Trinajstić information content (AvgIpc) is 2.64. The van der Waals surface area contributed by atoms with Crippen LogP contribution in [0.25, 0.3) is 0 Å². The Morgan fingerprint density at radius 2 is 1.74 bits per heavy atom. The van der Waals surface area contributed by atoms with Crippen LogP contribution in [0.1, 0.15) is 33.3 Å². The Balaban J connectivity index is 1.90. The molecule has 1 amide bonds. The lowest BCUT2D eigenvalue weighted by atomic mass is 10.1. The summed E-state index contributed by atoms with van der Waals surface area (Å²) >= 11 is 0. The quantitative estimate of drug-likeness (QED) is 0.674. The molecular weight excluding hydrogens is 338 g/mol. The molecular formula is C22H31N3O2. The molecule has 0 heterocycles. The number of ether oxygens (including phenoxy) is 1. The molecule has 0 radical (unpaired) electrons. The molecule has 0 saturated heterocycles. The molecule has 5 heteroatoms. The van der Waals surface area contributed by atoms with E-state index in [1.54, 1.807) is 0 Å². The number of benzene rings is 2. The van der Waals surface area contributed by atoms with E-state index in [0.717, 1.165) is 35.8 Å². The Labute approximate surface area is 162 Å². The predicted molar refractivity (Wildman–Crippen MR) is 114 cm³/mol. The van der Waals surface area contributed by atoms with Crippen LogP contribution in [-0.2, 0) is 4.79 Å². The SMILES string of the molecule is CCN(CC)c1ccc(NC(=O)CNc2ccc(OC(C)C)cc2)c(C)c1. The van der Waals surface area contributed by atoms with Crippen molar-refractivity contribution in [3.63, 3.8) is 0 Å². The van der Waals surface area contributed by atoms with Crippen molar-refractivity contribution in [3.05, 3.63) is 48.0 Å². The third-order valence-electron chi connectivity index (χ3n) is 4.29. The van der Waals surface area contributed by atoms with Gasteiger partial charge in [0.05, 0.1) is 12.6 Å². The van der Waals surface area contributed by atoms with Gasteiger partial charge in [0.2, 0.25) is 5.91 Å². The van der Waals surface area contributed by atoms with E-state index in [-0.39, 0.29) is 18.6 Å². The van der Waals surface area contributed by atoms with Crippen molar-refractivity contribution < 1.29 is 9.53 Å². The highest BCUT2D eigenvalue weighted by Crippen LogP contribution is 2.23. The number of carbonyl (C=O) groups is 1. The fourth-order valence-corrected chi connectivity index (χ4v) is 2.87. The number of nitrogens with zero attached hydrogens (tertiary/aromatic N) is 1. The van der Waals surface area contributed by atoms with Gasteiger partial charge in [0.25, 0.3) is 0 Å². The highest BCUT2D eigenvalue weighted by Gasteiger charge is 2.08. The van der Waals surface area contributed by atoms with E-state index >= 15 is 0 Å². The Bertz CT molecular complexity index is 738. The standard InChI is InChI=1S/C22H31N3O2/c1-6-25(7-2)19-10-13-21(17(5)14-19)24-22(26)15-23-18-8-11-20(12-9-18)27-16(3)4/h8-14,16,23H,6-7,15H2,1-5H3,(H,24,26). The van der Waals surface area contributed by atoms with Gasteiger partial charge in [-0.1, -0.05) is 0 Å². The molecule has 0 fully saturated rings. The Hall–Kier alpha value is -2.69.